The Kier molecular flexibility index (Phi) is 5.31. The third-order valence-electron chi connectivity index (χ3n) is 5.06. The van der Waals surface area contributed by atoms with Gasteiger partial charge in [-0.1, -0.05) is 19.3 Å². The van der Waals surface area contributed by atoms with Crippen LogP contribution >= 0.6 is 0 Å². The number of carboxylic acid groups (broad SMARTS) is 1. The fraction of sp³-hybridized carbons (Fsp3) is 0.556. The molecule has 0 radical (unpaired) electrons. The first-order chi connectivity index (χ1) is 12.1. The number of carbonyl (C=O) groups is 3. The van der Waals surface area contributed by atoms with Gasteiger partial charge in [-0.2, -0.15) is 0 Å². The van der Waals surface area contributed by atoms with Gasteiger partial charge in [0.25, 0.3) is 5.91 Å². The molecule has 7 heteroatoms. The number of piperazine rings is 1. The van der Waals surface area contributed by atoms with Crippen molar-refractivity contribution in [3.8, 4) is 0 Å². The number of carbonyl (C=O) groups excluding carboxylic acids is 2. The highest BCUT2D eigenvalue weighted by Gasteiger charge is 2.30. The van der Waals surface area contributed by atoms with Gasteiger partial charge in [-0.05, 0) is 25.0 Å². The molecule has 134 valence electrons. The van der Waals surface area contributed by atoms with E-state index in [2.05, 4.69) is 4.98 Å². The van der Waals surface area contributed by atoms with Gasteiger partial charge >= 0.3 is 5.97 Å². The molecular formula is C18H23N3O4. The van der Waals surface area contributed by atoms with Crippen LogP contribution in [0.15, 0.2) is 18.3 Å². The van der Waals surface area contributed by atoms with Gasteiger partial charge in [0.1, 0.15) is 5.69 Å². The minimum absolute atomic E-state index is 0.142. The van der Waals surface area contributed by atoms with Crippen LogP contribution < -0.4 is 0 Å². The molecule has 1 aliphatic heterocycles. The van der Waals surface area contributed by atoms with Crippen LogP contribution in [-0.2, 0) is 4.79 Å². The molecule has 1 N–H and O–H groups in total. The molecule has 0 unspecified atom stereocenters. The van der Waals surface area contributed by atoms with Crippen LogP contribution in [0.2, 0.25) is 0 Å². The Morgan fingerprint density at radius 3 is 2.28 bits per heavy atom. The van der Waals surface area contributed by atoms with E-state index < -0.39 is 5.97 Å². The maximum absolute atomic E-state index is 12.6. The van der Waals surface area contributed by atoms with Crippen molar-refractivity contribution >= 4 is 17.8 Å². The normalized spacial score (nSPS) is 18.9. The molecule has 0 spiro atoms. The quantitative estimate of drug-likeness (QED) is 0.899. The van der Waals surface area contributed by atoms with E-state index in [9.17, 15) is 14.4 Å². The highest BCUT2D eigenvalue weighted by Crippen LogP contribution is 2.26. The molecular weight excluding hydrogens is 322 g/mol. The second kappa shape index (κ2) is 7.63. The number of aromatic nitrogens is 1. The molecule has 1 saturated heterocycles. The van der Waals surface area contributed by atoms with E-state index in [1.165, 1.54) is 24.8 Å². The lowest BCUT2D eigenvalue weighted by atomic mass is 9.88. The number of hydrogen-bond acceptors (Lipinski definition) is 4. The fourth-order valence-electron chi connectivity index (χ4n) is 3.60. The zero-order valence-corrected chi connectivity index (χ0v) is 14.2. The second-order valence-corrected chi connectivity index (χ2v) is 6.69. The van der Waals surface area contributed by atoms with Crippen molar-refractivity contribution in [2.45, 2.75) is 32.1 Å². The van der Waals surface area contributed by atoms with E-state index >= 15 is 0 Å². The van der Waals surface area contributed by atoms with Gasteiger partial charge < -0.3 is 14.9 Å². The van der Waals surface area contributed by atoms with Crippen LogP contribution in [0.4, 0.5) is 0 Å². The zero-order valence-electron chi connectivity index (χ0n) is 14.2. The van der Waals surface area contributed by atoms with Crippen LogP contribution in [0.1, 0.15) is 53.0 Å². The van der Waals surface area contributed by atoms with Gasteiger partial charge in [-0.25, -0.2) is 9.78 Å². The Morgan fingerprint density at radius 1 is 1.00 bits per heavy atom. The van der Waals surface area contributed by atoms with Gasteiger partial charge in [0, 0.05) is 43.9 Å². The maximum atomic E-state index is 12.6. The van der Waals surface area contributed by atoms with E-state index in [1.807, 2.05) is 4.90 Å². The molecule has 2 aliphatic rings. The van der Waals surface area contributed by atoms with Crippen molar-refractivity contribution in [1.29, 1.82) is 0 Å². The van der Waals surface area contributed by atoms with Crippen molar-refractivity contribution in [3.63, 3.8) is 0 Å². The van der Waals surface area contributed by atoms with Crippen molar-refractivity contribution in [2.75, 3.05) is 26.2 Å². The Balaban J connectivity index is 1.58. The summed E-state index contributed by atoms with van der Waals surface area (Å²) in [4.78, 5) is 43.4. The zero-order chi connectivity index (χ0) is 17.8. The van der Waals surface area contributed by atoms with Gasteiger partial charge in [0.15, 0.2) is 0 Å². The molecule has 2 amide bonds. The molecule has 1 aliphatic carbocycles. The summed E-state index contributed by atoms with van der Waals surface area (Å²) < 4.78 is 0. The SMILES string of the molecule is O=C(O)c1cc(C(=O)N2CCN(C(=O)C3CCCCC3)CC2)ccn1. The van der Waals surface area contributed by atoms with E-state index in [-0.39, 0.29) is 23.4 Å². The van der Waals surface area contributed by atoms with Gasteiger partial charge in [0.05, 0.1) is 0 Å². The third-order valence-corrected chi connectivity index (χ3v) is 5.06. The van der Waals surface area contributed by atoms with E-state index in [0.717, 1.165) is 25.7 Å². The largest absolute Gasteiger partial charge is 0.477 e. The fourth-order valence-corrected chi connectivity index (χ4v) is 3.60. The highest BCUT2D eigenvalue weighted by atomic mass is 16.4. The molecule has 1 saturated carbocycles. The van der Waals surface area contributed by atoms with E-state index in [4.69, 9.17) is 5.11 Å². The molecule has 2 fully saturated rings. The van der Waals surface area contributed by atoms with Gasteiger partial charge in [0.2, 0.25) is 5.91 Å². The molecule has 2 heterocycles. The topological polar surface area (TPSA) is 90.8 Å². The summed E-state index contributed by atoms with van der Waals surface area (Å²) in [6.45, 7) is 2.03. The van der Waals surface area contributed by atoms with Crippen molar-refractivity contribution in [1.82, 2.24) is 14.8 Å². The van der Waals surface area contributed by atoms with Gasteiger partial charge in [-0.3, -0.25) is 9.59 Å². The monoisotopic (exact) mass is 345 g/mol. The van der Waals surface area contributed by atoms with E-state index in [1.54, 1.807) is 4.90 Å². The average Bonchev–Trinajstić information content (AvgIpc) is 2.67. The Bertz CT molecular complexity index is 662. The lowest BCUT2D eigenvalue weighted by Crippen LogP contribution is -2.52. The van der Waals surface area contributed by atoms with Crippen LogP contribution in [0.5, 0.6) is 0 Å². The molecule has 0 bridgehead atoms. The summed E-state index contributed by atoms with van der Waals surface area (Å²) in [5, 5.41) is 8.99. The summed E-state index contributed by atoms with van der Waals surface area (Å²) in [6.07, 6.45) is 6.77. The first-order valence-corrected chi connectivity index (χ1v) is 8.83. The maximum Gasteiger partial charge on any atom is 0.354 e. The number of pyridine rings is 1. The highest BCUT2D eigenvalue weighted by molar-refractivity contribution is 5.96. The molecule has 1 aromatic heterocycles. The Hall–Kier alpha value is -2.44. The summed E-state index contributed by atoms with van der Waals surface area (Å²) in [5.74, 6) is -0.995. The average molecular weight is 345 g/mol. The molecule has 3 rings (SSSR count). The minimum atomic E-state index is -1.16. The summed E-state index contributed by atoms with van der Waals surface area (Å²) in [5.41, 5.74) is 0.177. The first kappa shape index (κ1) is 17.4. The molecule has 0 atom stereocenters. The standard InChI is InChI=1S/C18H23N3O4/c22-16(13-4-2-1-3-5-13)20-8-10-21(11-9-20)17(23)14-6-7-19-15(12-14)18(24)25/h6-7,12-13H,1-5,8-11H2,(H,24,25). The number of carboxylic acids is 1. The summed E-state index contributed by atoms with van der Waals surface area (Å²) >= 11 is 0. The number of rotatable bonds is 3. The molecule has 25 heavy (non-hydrogen) atoms. The minimum Gasteiger partial charge on any atom is -0.477 e. The Morgan fingerprint density at radius 2 is 1.64 bits per heavy atom. The lowest BCUT2D eigenvalue weighted by Gasteiger charge is -2.37. The van der Waals surface area contributed by atoms with Crippen molar-refractivity contribution in [3.05, 3.63) is 29.6 Å². The third kappa shape index (κ3) is 3.97. The first-order valence-electron chi connectivity index (χ1n) is 8.83. The predicted molar refractivity (Wildman–Crippen MR) is 90.3 cm³/mol. The lowest BCUT2D eigenvalue weighted by molar-refractivity contribution is -0.138. The van der Waals surface area contributed by atoms with Gasteiger partial charge in [-0.15, -0.1) is 0 Å². The number of hydrogen-bond donors (Lipinski definition) is 1. The van der Waals surface area contributed by atoms with E-state index in [0.29, 0.717) is 31.7 Å². The molecule has 1 aromatic rings. The van der Waals surface area contributed by atoms with Crippen molar-refractivity contribution in [2.24, 2.45) is 5.92 Å². The summed E-state index contributed by atoms with van der Waals surface area (Å²) in [7, 11) is 0. The van der Waals surface area contributed by atoms with Crippen LogP contribution in [0, 0.1) is 5.92 Å². The van der Waals surface area contributed by atoms with Crippen LogP contribution in [-0.4, -0.2) is 63.9 Å². The Labute approximate surface area is 146 Å². The van der Waals surface area contributed by atoms with Crippen molar-refractivity contribution < 1.29 is 19.5 Å². The smallest absolute Gasteiger partial charge is 0.354 e. The number of amides is 2. The number of aromatic carboxylic acids is 1. The van der Waals surface area contributed by atoms with Crippen LogP contribution in [0.3, 0.4) is 0 Å². The molecule has 7 nitrogen and oxygen atoms in total. The second-order valence-electron chi connectivity index (χ2n) is 6.69. The van der Waals surface area contributed by atoms with Crippen LogP contribution in [0.25, 0.3) is 0 Å². The molecule has 0 aromatic carbocycles. The predicted octanol–water partition coefficient (Wildman–Crippen LogP) is 1.64. The summed E-state index contributed by atoms with van der Waals surface area (Å²) in [6, 6.07) is 2.82. The number of nitrogens with zero attached hydrogens (tertiary/aromatic N) is 3.